The van der Waals surface area contributed by atoms with Crippen molar-refractivity contribution < 1.29 is 32.6 Å². The number of methoxy groups -OCH3 is 1. The van der Waals surface area contributed by atoms with Crippen LogP contribution in [-0.2, 0) is 15.8 Å². The van der Waals surface area contributed by atoms with Crippen LogP contribution in [0.5, 0.6) is 5.75 Å². The summed E-state index contributed by atoms with van der Waals surface area (Å²) in [5, 5.41) is 11.6. The summed E-state index contributed by atoms with van der Waals surface area (Å²) >= 11 is 0. The fraction of sp³-hybridized carbons (Fsp3) is 0.290. The Balaban J connectivity index is 1.99. The lowest BCUT2D eigenvalue weighted by molar-refractivity contribution is -0.137. The second-order valence-corrected chi connectivity index (χ2v) is 10.3. The summed E-state index contributed by atoms with van der Waals surface area (Å²) < 4.78 is 46.2. The van der Waals surface area contributed by atoms with E-state index < -0.39 is 35.2 Å². The van der Waals surface area contributed by atoms with Crippen molar-refractivity contribution in [3.05, 3.63) is 94.1 Å². The molecule has 1 aliphatic rings. The number of hydrogen-bond acceptors (Lipinski definition) is 5. The number of hydrogen-bond donors (Lipinski definition) is 1. The molecule has 0 radical (unpaired) electrons. The molecule has 1 heterocycles. The molecule has 0 bridgehead atoms. The highest BCUT2D eigenvalue weighted by atomic mass is 19.4. The van der Waals surface area contributed by atoms with Crippen LogP contribution in [0.15, 0.2) is 66.2 Å². The number of aryl methyl sites for hydroxylation is 1. The molecule has 0 aliphatic carbocycles. The highest BCUT2D eigenvalue weighted by Crippen LogP contribution is 2.44. The molecule has 1 N–H and O–H groups in total. The monoisotopic (exact) mass is 552 g/mol. The third-order valence-corrected chi connectivity index (χ3v) is 7.08. The van der Waals surface area contributed by atoms with Gasteiger partial charge in [0.05, 0.1) is 24.3 Å². The average molecular weight is 553 g/mol. The SMILES string of the molecule is COc1cc(C)c(/C(O)=C2\C(=O)C(=O)N(c3cccc(C(F)(F)F)c3)C2c2ccc(N(C)C)cc2)cc1C(C)C. The van der Waals surface area contributed by atoms with Crippen LogP contribution < -0.4 is 14.5 Å². The molecule has 3 aromatic carbocycles. The van der Waals surface area contributed by atoms with Gasteiger partial charge in [0, 0.05) is 31.0 Å². The molecular formula is C31H31F3N2O4. The number of Topliss-reactive ketones (excluding diaryl/α,β-unsaturated/α-hetero) is 1. The number of aliphatic hydroxyl groups excluding tert-OH is 1. The van der Waals surface area contributed by atoms with E-state index in [9.17, 15) is 27.9 Å². The molecule has 1 fully saturated rings. The molecule has 210 valence electrons. The first-order chi connectivity index (χ1) is 18.8. The van der Waals surface area contributed by atoms with Gasteiger partial charge in [-0.05, 0) is 72.0 Å². The first-order valence-corrected chi connectivity index (χ1v) is 12.7. The van der Waals surface area contributed by atoms with Gasteiger partial charge in [-0.3, -0.25) is 14.5 Å². The van der Waals surface area contributed by atoms with Gasteiger partial charge in [0.1, 0.15) is 11.5 Å². The molecule has 1 atom stereocenters. The van der Waals surface area contributed by atoms with Crippen molar-refractivity contribution >= 4 is 28.8 Å². The number of nitrogens with zero attached hydrogens (tertiary/aromatic N) is 2. The number of halogens is 3. The van der Waals surface area contributed by atoms with Gasteiger partial charge in [-0.15, -0.1) is 0 Å². The second kappa shape index (κ2) is 10.7. The van der Waals surface area contributed by atoms with Crippen LogP contribution in [0.2, 0.25) is 0 Å². The number of amides is 1. The zero-order chi connectivity index (χ0) is 29.5. The van der Waals surface area contributed by atoms with Crippen molar-refractivity contribution in [2.24, 2.45) is 0 Å². The van der Waals surface area contributed by atoms with E-state index in [-0.39, 0.29) is 17.2 Å². The molecule has 9 heteroatoms. The first kappa shape index (κ1) is 28.7. The van der Waals surface area contributed by atoms with Gasteiger partial charge in [0.25, 0.3) is 11.7 Å². The lowest BCUT2D eigenvalue weighted by atomic mass is 9.91. The van der Waals surface area contributed by atoms with E-state index in [1.807, 2.05) is 32.8 Å². The molecule has 0 aromatic heterocycles. The van der Waals surface area contributed by atoms with Crippen LogP contribution >= 0.6 is 0 Å². The standard InChI is InChI=1S/C31H31F3N2O4/c1-17(2)23-16-24(18(3)14-25(23)40-6)28(37)26-27(19-10-12-21(13-11-19)35(4)5)36(30(39)29(26)38)22-9-7-8-20(15-22)31(32,33)34/h7-17,27,37H,1-6H3/b28-26+. The number of carbonyl (C=O) groups is 2. The lowest BCUT2D eigenvalue weighted by Gasteiger charge is -2.27. The molecule has 1 amide bonds. The minimum Gasteiger partial charge on any atom is -0.507 e. The van der Waals surface area contributed by atoms with E-state index in [1.165, 1.54) is 19.2 Å². The summed E-state index contributed by atoms with van der Waals surface area (Å²) in [6.45, 7) is 5.65. The fourth-order valence-corrected chi connectivity index (χ4v) is 4.93. The molecule has 0 spiro atoms. The van der Waals surface area contributed by atoms with Crippen molar-refractivity contribution in [3.63, 3.8) is 0 Å². The summed E-state index contributed by atoms with van der Waals surface area (Å²) in [6, 6.07) is 13.5. The van der Waals surface area contributed by atoms with E-state index in [0.29, 0.717) is 22.4 Å². The van der Waals surface area contributed by atoms with Crippen LogP contribution in [-0.4, -0.2) is 38.0 Å². The Morgan fingerprint density at radius 2 is 1.68 bits per heavy atom. The number of ether oxygens (including phenoxy) is 1. The van der Waals surface area contributed by atoms with Crippen LogP contribution in [0.4, 0.5) is 24.5 Å². The largest absolute Gasteiger partial charge is 0.507 e. The smallest absolute Gasteiger partial charge is 0.416 e. The Morgan fingerprint density at radius 3 is 2.23 bits per heavy atom. The zero-order valence-corrected chi connectivity index (χ0v) is 23.1. The molecule has 3 aromatic rings. The predicted molar refractivity (Wildman–Crippen MR) is 149 cm³/mol. The Kier molecular flexibility index (Phi) is 7.70. The van der Waals surface area contributed by atoms with Crippen molar-refractivity contribution in [2.75, 3.05) is 31.0 Å². The first-order valence-electron chi connectivity index (χ1n) is 12.7. The van der Waals surface area contributed by atoms with E-state index in [1.54, 1.807) is 43.3 Å². The van der Waals surface area contributed by atoms with Gasteiger partial charge in [0.15, 0.2) is 0 Å². The number of alkyl halides is 3. The van der Waals surface area contributed by atoms with Gasteiger partial charge >= 0.3 is 6.18 Å². The molecule has 1 aliphatic heterocycles. The van der Waals surface area contributed by atoms with Crippen molar-refractivity contribution in [1.29, 1.82) is 0 Å². The number of anilines is 2. The summed E-state index contributed by atoms with van der Waals surface area (Å²) in [5.74, 6) is -1.79. The molecule has 6 nitrogen and oxygen atoms in total. The van der Waals surface area contributed by atoms with E-state index >= 15 is 0 Å². The number of ketones is 1. The van der Waals surface area contributed by atoms with Gasteiger partial charge in [-0.25, -0.2) is 0 Å². The summed E-state index contributed by atoms with van der Waals surface area (Å²) in [5.41, 5.74) is 1.75. The van der Waals surface area contributed by atoms with Crippen LogP contribution in [0, 0.1) is 6.92 Å². The number of carbonyl (C=O) groups excluding carboxylic acids is 2. The number of benzene rings is 3. The molecular weight excluding hydrogens is 521 g/mol. The second-order valence-electron chi connectivity index (χ2n) is 10.3. The van der Waals surface area contributed by atoms with E-state index in [0.717, 1.165) is 28.3 Å². The summed E-state index contributed by atoms with van der Waals surface area (Å²) in [7, 11) is 5.24. The zero-order valence-electron chi connectivity index (χ0n) is 23.1. The maximum Gasteiger partial charge on any atom is 0.416 e. The van der Waals surface area contributed by atoms with Crippen molar-refractivity contribution in [3.8, 4) is 5.75 Å². The van der Waals surface area contributed by atoms with E-state index in [2.05, 4.69) is 0 Å². The fourth-order valence-electron chi connectivity index (χ4n) is 4.93. The molecule has 40 heavy (non-hydrogen) atoms. The third-order valence-electron chi connectivity index (χ3n) is 7.08. The normalized spacial score (nSPS) is 17.1. The third kappa shape index (κ3) is 5.15. The Bertz CT molecular complexity index is 1490. The number of rotatable bonds is 6. The molecule has 1 unspecified atom stereocenters. The van der Waals surface area contributed by atoms with Crippen LogP contribution in [0.3, 0.4) is 0 Å². The van der Waals surface area contributed by atoms with Gasteiger partial charge in [0.2, 0.25) is 0 Å². The quantitative estimate of drug-likeness (QED) is 0.206. The van der Waals surface area contributed by atoms with Crippen molar-refractivity contribution in [2.45, 2.75) is 38.9 Å². The summed E-state index contributed by atoms with van der Waals surface area (Å²) in [4.78, 5) is 29.9. The topological polar surface area (TPSA) is 70.1 Å². The average Bonchev–Trinajstić information content (AvgIpc) is 3.17. The highest BCUT2D eigenvalue weighted by molar-refractivity contribution is 6.51. The van der Waals surface area contributed by atoms with Gasteiger partial charge in [-0.2, -0.15) is 13.2 Å². The Labute approximate surface area is 231 Å². The maximum atomic E-state index is 13.6. The molecule has 1 saturated heterocycles. The van der Waals surface area contributed by atoms with Crippen LogP contribution in [0.1, 0.15) is 53.6 Å². The highest BCUT2D eigenvalue weighted by Gasteiger charge is 2.47. The Hall–Kier alpha value is -4.27. The minimum atomic E-state index is -4.65. The van der Waals surface area contributed by atoms with Gasteiger partial charge in [-0.1, -0.05) is 32.0 Å². The Morgan fingerprint density at radius 1 is 1.02 bits per heavy atom. The maximum absolute atomic E-state index is 13.6. The lowest BCUT2D eigenvalue weighted by Crippen LogP contribution is -2.29. The van der Waals surface area contributed by atoms with Gasteiger partial charge < -0.3 is 14.7 Å². The van der Waals surface area contributed by atoms with E-state index in [4.69, 9.17) is 4.74 Å². The number of aliphatic hydroxyl groups is 1. The molecule has 0 saturated carbocycles. The van der Waals surface area contributed by atoms with Crippen LogP contribution in [0.25, 0.3) is 5.76 Å². The minimum absolute atomic E-state index is 0.0176. The van der Waals surface area contributed by atoms with Crippen molar-refractivity contribution in [1.82, 2.24) is 0 Å². The molecule has 4 rings (SSSR count). The predicted octanol–water partition coefficient (Wildman–Crippen LogP) is 6.84. The summed E-state index contributed by atoms with van der Waals surface area (Å²) in [6.07, 6.45) is -4.65.